The normalized spacial score (nSPS) is 18.2. The first-order valence-electron chi connectivity index (χ1n) is 13.8. The topological polar surface area (TPSA) is 125 Å². The molecule has 2 fully saturated rings. The molecule has 0 amide bonds. The van der Waals surface area contributed by atoms with Crippen molar-refractivity contribution in [3.05, 3.63) is 71.3 Å². The SMILES string of the molecule is CCC1=C(c2ccc(N3CCN(C(=N)N)CC3)cc2)C=C(c2ccc(N3CCN(C(=N)N)CC3)cc2)N=CC1. The second-order valence-electron chi connectivity index (χ2n) is 10.2. The van der Waals surface area contributed by atoms with Crippen LogP contribution in [-0.2, 0) is 0 Å². The molecule has 0 atom stereocenters. The Morgan fingerprint density at radius 3 is 1.62 bits per heavy atom. The second-order valence-corrected chi connectivity index (χ2v) is 10.2. The summed E-state index contributed by atoms with van der Waals surface area (Å²) in [7, 11) is 0. The van der Waals surface area contributed by atoms with Crippen LogP contribution in [0.15, 0.2) is 65.2 Å². The van der Waals surface area contributed by atoms with Crippen LogP contribution in [0.1, 0.15) is 30.9 Å². The van der Waals surface area contributed by atoms with E-state index in [0.717, 1.165) is 76.5 Å². The summed E-state index contributed by atoms with van der Waals surface area (Å²) in [6, 6.07) is 17.5. The maximum absolute atomic E-state index is 7.66. The number of hydrogen-bond donors (Lipinski definition) is 4. The maximum Gasteiger partial charge on any atom is 0.188 e. The predicted octanol–water partition coefficient (Wildman–Crippen LogP) is 3.40. The molecule has 0 saturated carbocycles. The van der Waals surface area contributed by atoms with Crippen molar-refractivity contribution in [1.29, 1.82) is 10.8 Å². The van der Waals surface area contributed by atoms with Crippen molar-refractivity contribution >= 4 is 40.8 Å². The summed E-state index contributed by atoms with van der Waals surface area (Å²) in [6.07, 6.45) is 6.10. The van der Waals surface area contributed by atoms with Crippen molar-refractivity contribution in [2.75, 3.05) is 62.2 Å². The van der Waals surface area contributed by atoms with E-state index in [9.17, 15) is 0 Å². The molecule has 0 bridgehead atoms. The monoisotopic (exact) mass is 525 g/mol. The van der Waals surface area contributed by atoms with Crippen molar-refractivity contribution < 1.29 is 0 Å². The number of rotatable bonds is 5. The van der Waals surface area contributed by atoms with Crippen LogP contribution in [0.3, 0.4) is 0 Å². The Morgan fingerprint density at radius 1 is 0.718 bits per heavy atom. The van der Waals surface area contributed by atoms with E-state index in [1.165, 1.54) is 28.1 Å². The highest BCUT2D eigenvalue weighted by Gasteiger charge is 2.20. The van der Waals surface area contributed by atoms with E-state index < -0.39 is 0 Å². The molecule has 0 radical (unpaired) electrons. The van der Waals surface area contributed by atoms with E-state index in [4.69, 9.17) is 27.3 Å². The van der Waals surface area contributed by atoms with Crippen LogP contribution in [0, 0.1) is 10.8 Å². The highest BCUT2D eigenvalue weighted by molar-refractivity contribution is 5.91. The van der Waals surface area contributed by atoms with Crippen LogP contribution >= 0.6 is 0 Å². The lowest BCUT2D eigenvalue weighted by Gasteiger charge is -2.36. The molecular formula is C30H39N9. The molecule has 0 spiro atoms. The van der Waals surface area contributed by atoms with Gasteiger partial charge in [-0.2, -0.15) is 0 Å². The molecule has 5 rings (SSSR count). The lowest BCUT2D eigenvalue weighted by atomic mass is 9.95. The number of hydrogen-bond acceptors (Lipinski definition) is 5. The second kappa shape index (κ2) is 11.6. The smallest absolute Gasteiger partial charge is 0.188 e. The van der Waals surface area contributed by atoms with Gasteiger partial charge in [0, 0.05) is 81.9 Å². The van der Waals surface area contributed by atoms with E-state index in [0.29, 0.717) is 0 Å². The largest absolute Gasteiger partial charge is 0.370 e. The van der Waals surface area contributed by atoms with Gasteiger partial charge in [-0.15, -0.1) is 0 Å². The van der Waals surface area contributed by atoms with Crippen LogP contribution in [0.25, 0.3) is 11.3 Å². The number of nitrogens with one attached hydrogen (secondary N) is 2. The van der Waals surface area contributed by atoms with Gasteiger partial charge < -0.3 is 31.1 Å². The standard InChI is InChI=1S/C30H39N9/c1-2-22-11-12-35-28(24-5-9-26(10-6-24)37-15-19-39(20-16-37)30(33)34)21-27(22)23-3-7-25(8-4-23)36-13-17-38(18-14-36)29(31)32/h3-10,12,21H,2,11,13-20H2,1H3,(H3,31,32)(H3,33,34). The van der Waals surface area contributed by atoms with Gasteiger partial charge in [-0.05, 0) is 47.9 Å². The molecule has 39 heavy (non-hydrogen) atoms. The van der Waals surface area contributed by atoms with Crippen LogP contribution in [-0.4, -0.2) is 80.3 Å². The van der Waals surface area contributed by atoms with E-state index >= 15 is 0 Å². The van der Waals surface area contributed by atoms with Crippen molar-refractivity contribution in [2.45, 2.75) is 19.8 Å². The average molecular weight is 526 g/mol. The third-order valence-corrected chi connectivity index (χ3v) is 7.97. The van der Waals surface area contributed by atoms with Gasteiger partial charge in [-0.3, -0.25) is 15.8 Å². The number of aliphatic imine (C=N–C) groups is 1. The van der Waals surface area contributed by atoms with Crippen molar-refractivity contribution in [3.8, 4) is 0 Å². The molecule has 9 heteroatoms. The minimum Gasteiger partial charge on any atom is -0.370 e. The maximum atomic E-state index is 7.66. The fraction of sp³-hybridized carbons (Fsp3) is 0.367. The Hall–Kier alpha value is -4.27. The van der Waals surface area contributed by atoms with Crippen LogP contribution in [0.5, 0.6) is 0 Å². The number of benzene rings is 2. The Labute approximate surface area is 231 Å². The Balaban J connectivity index is 1.32. The third-order valence-electron chi connectivity index (χ3n) is 7.97. The van der Waals surface area contributed by atoms with Gasteiger partial charge >= 0.3 is 0 Å². The third kappa shape index (κ3) is 5.92. The average Bonchev–Trinajstić information content (AvgIpc) is 3.20. The first kappa shape index (κ1) is 26.3. The Bertz CT molecular complexity index is 1270. The minimum atomic E-state index is 0.153. The summed E-state index contributed by atoms with van der Waals surface area (Å²) in [6.45, 7) is 8.75. The molecule has 3 aliphatic heterocycles. The highest BCUT2D eigenvalue weighted by Crippen LogP contribution is 2.33. The molecule has 6 N–H and O–H groups in total. The molecule has 3 heterocycles. The zero-order chi connectivity index (χ0) is 27.4. The fourth-order valence-corrected chi connectivity index (χ4v) is 5.53. The van der Waals surface area contributed by atoms with Crippen molar-refractivity contribution in [3.63, 3.8) is 0 Å². The van der Waals surface area contributed by atoms with Crippen LogP contribution in [0.2, 0.25) is 0 Å². The van der Waals surface area contributed by atoms with Gasteiger partial charge in [-0.1, -0.05) is 36.8 Å². The van der Waals surface area contributed by atoms with Gasteiger partial charge in [-0.25, -0.2) is 0 Å². The molecule has 2 aromatic carbocycles. The highest BCUT2D eigenvalue weighted by atomic mass is 15.3. The number of anilines is 2. The van der Waals surface area contributed by atoms with E-state index in [2.05, 4.69) is 71.3 Å². The minimum absolute atomic E-state index is 0.153. The molecule has 0 unspecified atom stereocenters. The molecule has 0 aromatic heterocycles. The summed E-state index contributed by atoms with van der Waals surface area (Å²) in [4.78, 5) is 13.4. The van der Waals surface area contributed by atoms with Gasteiger partial charge in [0.25, 0.3) is 0 Å². The summed E-state index contributed by atoms with van der Waals surface area (Å²) >= 11 is 0. The Kier molecular flexibility index (Phi) is 7.86. The molecular weight excluding hydrogens is 486 g/mol. The number of allylic oxidation sites excluding steroid dienone is 3. The molecule has 204 valence electrons. The van der Waals surface area contributed by atoms with E-state index in [1.54, 1.807) is 0 Å². The van der Waals surface area contributed by atoms with E-state index in [-0.39, 0.29) is 11.9 Å². The number of guanidine groups is 2. The zero-order valence-electron chi connectivity index (χ0n) is 22.7. The van der Waals surface area contributed by atoms with Crippen LogP contribution < -0.4 is 21.3 Å². The quantitative estimate of drug-likeness (QED) is 0.350. The van der Waals surface area contributed by atoms with Gasteiger partial charge in [0.05, 0.1) is 5.70 Å². The number of nitrogens with zero attached hydrogens (tertiary/aromatic N) is 5. The summed E-state index contributed by atoms with van der Waals surface area (Å²) in [5, 5.41) is 15.3. The molecule has 9 nitrogen and oxygen atoms in total. The summed E-state index contributed by atoms with van der Waals surface area (Å²) in [5.74, 6) is 0.310. The van der Waals surface area contributed by atoms with Crippen LogP contribution in [0.4, 0.5) is 11.4 Å². The van der Waals surface area contributed by atoms with E-state index in [1.807, 2.05) is 16.0 Å². The molecule has 2 aromatic rings. The first-order chi connectivity index (χ1) is 18.9. The number of nitrogens with two attached hydrogens (primary N) is 2. The number of piperazine rings is 2. The zero-order valence-corrected chi connectivity index (χ0v) is 22.7. The molecule has 3 aliphatic rings. The summed E-state index contributed by atoms with van der Waals surface area (Å²) in [5.41, 5.74) is 19.6. The fourth-order valence-electron chi connectivity index (χ4n) is 5.53. The van der Waals surface area contributed by atoms with Gasteiger partial charge in [0.1, 0.15) is 0 Å². The lowest BCUT2D eigenvalue weighted by molar-refractivity contribution is 0.380. The van der Waals surface area contributed by atoms with Crippen molar-refractivity contribution in [1.82, 2.24) is 9.80 Å². The lowest BCUT2D eigenvalue weighted by Crippen LogP contribution is -2.50. The first-order valence-corrected chi connectivity index (χ1v) is 13.8. The predicted molar refractivity (Wildman–Crippen MR) is 163 cm³/mol. The van der Waals surface area contributed by atoms with Crippen molar-refractivity contribution in [2.24, 2.45) is 16.5 Å². The van der Waals surface area contributed by atoms with Gasteiger partial charge in [0.15, 0.2) is 11.9 Å². The Morgan fingerprint density at radius 2 is 1.18 bits per heavy atom. The molecule has 0 aliphatic carbocycles. The van der Waals surface area contributed by atoms with Gasteiger partial charge in [0.2, 0.25) is 0 Å². The summed E-state index contributed by atoms with van der Waals surface area (Å²) < 4.78 is 0. The molecule has 2 saturated heterocycles.